The molecule has 0 unspecified atom stereocenters. The number of nitro groups is 1. The zero-order valence-electron chi connectivity index (χ0n) is 14.5. The van der Waals surface area contributed by atoms with E-state index in [1.165, 1.54) is 6.33 Å². The van der Waals surface area contributed by atoms with Gasteiger partial charge in [0.1, 0.15) is 6.33 Å². The van der Waals surface area contributed by atoms with Crippen molar-refractivity contribution in [3.05, 3.63) is 76.6 Å². The number of nitrogens with zero attached hydrogens (tertiary/aromatic N) is 4. The molecule has 3 aromatic rings. The molecule has 0 amide bonds. The molecule has 0 radical (unpaired) electrons. The van der Waals surface area contributed by atoms with Crippen LogP contribution in [-0.2, 0) is 6.42 Å². The van der Waals surface area contributed by atoms with Crippen LogP contribution in [0, 0.1) is 10.1 Å². The number of benzene rings is 2. The van der Waals surface area contributed by atoms with Crippen LogP contribution in [0.5, 0.6) is 0 Å². The summed E-state index contributed by atoms with van der Waals surface area (Å²) in [6.45, 7) is 0.667. The first kappa shape index (κ1) is 16.8. The summed E-state index contributed by atoms with van der Waals surface area (Å²) in [6, 6.07) is 17.3. The van der Waals surface area contributed by atoms with Gasteiger partial charge in [0, 0.05) is 12.2 Å². The minimum atomic E-state index is -0.443. The fraction of sp³-hybridized carbons (Fsp3) is 0.158. The maximum Gasteiger partial charge on any atom is 0.355 e. The molecule has 0 aliphatic carbocycles. The minimum absolute atomic E-state index is 0.122. The molecule has 4 rings (SSSR count). The zero-order chi connectivity index (χ0) is 18.6. The lowest BCUT2D eigenvalue weighted by Gasteiger charge is -2.30. The number of hydrazine groups is 1. The predicted octanol–water partition coefficient (Wildman–Crippen LogP) is 3.91. The SMILES string of the molecule is O=[N+]([O-])c1c(NNc2ccccc2)ncnc1N1CCCc2ccccc21. The van der Waals surface area contributed by atoms with E-state index in [0.717, 1.165) is 29.8 Å². The average molecular weight is 362 g/mol. The third-order valence-electron chi connectivity index (χ3n) is 4.45. The third kappa shape index (κ3) is 3.37. The van der Waals surface area contributed by atoms with E-state index in [4.69, 9.17) is 0 Å². The molecule has 0 saturated carbocycles. The highest BCUT2D eigenvalue weighted by molar-refractivity contribution is 5.77. The summed E-state index contributed by atoms with van der Waals surface area (Å²) in [4.78, 5) is 21.6. The smallest absolute Gasteiger partial charge is 0.320 e. The number of nitrogens with one attached hydrogen (secondary N) is 2. The second kappa shape index (κ2) is 7.28. The quantitative estimate of drug-likeness (QED) is 0.525. The number of fused-ring (bicyclic) bond motifs is 1. The molecule has 27 heavy (non-hydrogen) atoms. The molecule has 8 nitrogen and oxygen atoms in total. The first-order chi connectivity index (χ1) is 13.2. The maximum absolute atomic E-state index is 11.8. The molecule has 1 aliphatic heterocycles. The lowest BCUT2D eigenvalue weighted by Crippen LogP contribution is -2.26. The molecular formula is C19H18N6O2. The van der Waals surface area contributed by atoms with E-state index in [1.807, 2.05) is 59.5 Å². The summed E-state index contributed by atoms with van der Waals surface area (Å²) in [5.41, 5.74) is 8.52. The normalized spacial score (nSPS) is 13.0. The van der Waals surface area contributed by atoms with Crippen LogP contribution < -0.4 is 15.8 Å². The van der Waals surface area contributed by atoms with Crippen LogP contribution in [0.1, 0.15) is 12.0 Å². The van der Waals surface area contributed by atoms with Gasteiger partial charge >= 0.3 is 5.69 Å². The van der Waals surface area contributed by atoms with E-state index in [1.54, 1.807) is 0 Å². The molecule has 0 bridgehead atoms. The van der Waals surface area contributed by atoms with Crippen molar-refractivity contribution in [2.45, 2.75) is 12.8 Å². The van der Waals surface area contributed by atoms with Crippen LogP contribution in [0.25, 0.3) is 0 Å². The molecule has 1 aliphatic rings. The second-order valence-corrected chi connectivity index (χ2v) is 6.15. The van der Waals surface area contributed by atoms with Crippen molar-refractivity contribution in [1.82, 2.24) is 9.97 Å². The van der Waals surface area contributed by atoms with Crippen LogP contribution in [0.4, 0.5) is 28.7 Å². The van der Waals surface area contributed by atoms with Crippen molar-refractivity contribution in [2.24, 2.45) is 0 Å². The molecule has 1 aromatic heterocycles. The van der Waals surface area contributed by atoms with E-state index in [2.05, 4.69) is 20.8 Å². The Kier molecular flexibility index (Phi) is 4.52. The van der Waals surface area contributed by atoms with Gasteiger partial charge in [-0.25, -0.2) is 9.97 Å². The molecule has 8 heteroatoms. The van der Waals surface area contributed by atoms with Gasteiger partial charge in [-0.3, -0.25) is 21.0 Å². The average Bonchev–Trinajstić information content (AvgIpc) is 2.72. The lowest BCUT2D eigenvalue weighted by atomic mass is 10.0. The Morgan fingerprint density at radius 1 is 1.00 bits per heavy atom. The number of rotatable bonds is 5. The lowest BCUT2D eigenvalue weighted by molar-refractivity contribution is -0.383. The maximum atomic E-state index is 11.8. The molecule has 2 N–H and O–H groups in total. The van der Waals surface area contributed by atoms with Crippen molar-refractivity contribution in [3.8, 4) is 0 Å². The van der Waals surface area contributed by atoms with Gasteiger partial charge in [-0.2, -0.15) is 0 Å². The molecule has 0 atom stereocenters. The van der Waals surface area contributed by atoms with E-state index < -0.39 is 4.92 Å². The van der Waals surface area contributed by atoms with Gasteiger partial charge < -0.3 is 4.90 Å². The molecule has 2 aromatic carbocycles. The number of aryl methyl sites for hydroxylation is 1. The van der Waals surface area contributed by atoms with Gasteiger partial charge in [0.2, 0.25) is 11.6 Å². The first-order valence-corrected chi connectivity index (χ1v) is 8.66. The summed E-state index contributed by atoms with van der Waals surface area (Å²) < 4.78 is 0. The van der Waals surface area contributed by atoms with E-state index in [-0.39, 0.29) is 11.5 Å². The van der Waals surface area contributed by atoms with Gasteiger partial charge in [0.15, 0.2) is 0 Å². The molecule has 0 saturated heterocycles. The summed E-state index contributed by atoms with van der Waals surface area (Å²) in [5, 5.41) is 11.8. The Labute approximate surface area is 156 Å². The summed E-state index contributed by atoms with van der Waals surface area (Å²) in [5.74, 6) is 0.413. The van der Waals surface area contributed by atoms with Gasteiger partial charge in [-0.05, 0) is 36.6 Å². The second-order valence-electron chi connectivity index (χ2n) is 6.15. The third-order valence-corrected chi connectivity index (χ3v) is 4.45. The first-order valence-electron chi connectivity index (χ1n) is 8.66. The van der Waals surface area contributed by atoms with Crippen molar-refractivity contribution in [3.63, 3.8) is 0 Å². The Balaban J connectivity index is 1.71. The molecule has 136 valence electrons. The van der Waals surface area contributed by atoms with E-state index >= 15 is 0 Å². The Morgan fingerprint density at radius 2 is 1.78 bits per heavy atom. The number of hydrogen-bond acceptors (Lipinski definition) is 7. The standard InChI is InChI=1S/C19H18N6O2/c26-25(27)17-18(23-22-15-9-2-1-3-10-15)20-13-21-19(17)24-12-6-8-14-7-4-5-11-16(14)24/h1-5,7,9-11,13,22H,6,8,12H2,(H,20,21,23). The number of hydrogen-bond donors (Lipinski definition) is 2. The highest BCUT2D eigenvalue weighted by Gasteiger charge is 2.30. The minimum Gasteiger partial charge on any atom is -0.320 e. The van der Waals surface area contributed by atoms with Crippen molar-refractivity contribution in [2.75, 3.05) is 22.3 Å². The summed E-state index contributed by atoms with van der Waals surface area (Å²) in [7, 11) is 0. The fourth-order valence-electron chi connectivity index (χ4n) is 3.23. The highest BCUT2D eigenvalue weighted by Crippen LogP contribution is 2.39. The Hall–Kier alpha value is -3.68. The summed E-state index contributed by atoms with van der Waals surface area (Å²) >= 11 is 0. The van der Waals surface area contributed by atoms with Crippen molar-refractivity contribution >= 4 is 28.7 Å². The molecular weight excluding hydrogens is 344 g/mol. The topological polar surface area (TPSA) is 96.2 Å². The van der Waals surface area contributed by atoms with Crippen LogP contribution in [-0.4, -0.2) is 21.4 Å². The van der Waals surface area contributed by atoms with E-state index in [0.29, 0.717) is 12.4 Å². The van der Waals surface area contributed by atoms with Crippen LogP contribution >= 0.6 is 0 Å². The van der Waals surface area contributed by atoms with Crippen molar-refractivity contribution < 1.29 is 4.92 Å². The molecule has 2 heterocycles. The van der Waals surface area contributed by atoms with Gasteiger partial charge in [0.25, 0.3) is 0 Å². The number of aromatic nitrogens is 2. The van der Waals surface area contributed by atoms with Gasteiger partial charge in [-0.15, -0.1) is 0 Å². The van der Waals surface area contributed by atoms with Crippen LogP contribution in [0.15, 0.2) is 60.9 Å². The molecule has 0 spiro atoms. The fourth-order valence-corrected chi connectivity index (χ4v) is 3.23. The monoisotopic (exact) mass is 362 g/mol. The number of para-hydroxylation sites is 2. The zero-order valence-corrected chi connectivity index (χ0v) is 14.5. The number of anilines is 4. The summed E-state index contributed by atoms with van der Waals surface area (Å²) in [6.07, 6.45) is 3.20. The van der Waals surface area contributed by atoms with Crippen molar-refractivity contribution in [1.29, 1.82) is 0 Å². The van der Waals surface area contributed by atoms with Crippen LogP contribution in [0.2, 0.25) is 0 Å². The Morgan fingerprint density at radius 3 is 2.59 bits per heavy atom. The highest BCUT2D eigenvalue weighted by atomic mass is 16.6. The van der Waals surface area contributed by atoms with Gasteiger partial charge in [-0.1, -0.05) is 36.4 Å². The Bertz CT molecular complexity index is 963. The van der Waals surface area contributed by atoms with Crippen LogP contribution in [0.3, 0.4) is 0 Å². The predicted molar refractivity (Wildman–Crippen MR) is 104 cm³/mol. The van der Waals surface area contributed by atoms with Gasteiger partial charge in [0.05, 0.1) is 10.6 Å². The largest absolute Gasteiger partial charge is 0.355 e. The van der Waals surface area contributed by atoms with E-state index in [9.17, 15) is 10.1 Å². The molecule has 0 fully saturated rings.